The number of hydrogen-bond donors (Lipinski definition) is 2. The van der Waals surface area contributed by atoms with Gasteiger partial charge in [0.25, 0.3) is 0 Å². The number of benzene rings is 2. The van der Waals surface area contributed by atoms with Crippen LogP contribution in [0.3, 0.4) is 0 Å². The molecule has 0 spiro atoms. The van der Waals surface area contributed by atoms with Gasteiger partial charge in [-0.15, -0.1) is 0 Å². The number of rotatable bonds is 6. The zero-order valence-corrected chi connectivity index (χ0v) is 18.8. The summed E-state index contributed by atoms with van der Waals surface area (Å²) in [4.78, 5) is 33.0. The predicted molar refractivity (Wildman–Crippen MR) is 128 cm³/mol. The van der Waals surface area contributed by atoms with Gasteiger partial charge in [-0.2, -0.15) is 0 Å². The summed E-state index contributed by atoms with van der Waals surface area (Å²) in [7, 11) is 0. The van der Waals surface area contributed by atoms with Gasteiger partial charge in [-0.3, -0.25) is 4.79 Å². The lowest BCUT2D eigenvalue weighted by molar-refractivity contribution is 0.0695. The van der Waals surface area contributed by atoms with E-state index in [9.17, 15) is 14.7 Å². The molecule has 1 saturated carbocycles. The van der Waals surface area contributed by atoms with Crippen molar-refractivity contribution in [2.45, 2.75) is 25.3 Å². The molecular formula is C24H18Cl2N4O3. The van der Waals surface area contributed by atoms with Crippen molar-refractivity contribution in [2.24, 2.45) is 0 Å². The van der Waals surface area contributed by atoms with Gasteiger partial charge in [-0.1, -0.05) is 29.3 Å². The fourth-order valence-electron chi connectivity index (χ4n) is 3.78. The fraction of sp³-hybridized carbons (Fsp3) is 0.167. The first-order valence-electron chi connectivity index (χ1n) is 10.3. The monoisotopic (exact) mass is 480 g/mol. The standard InChI is InChI=1S/C24H18Cl2N4O3/c25-19-6-1-13(10-20(19)26)9-15-7-8-27-24(29-15)28-14-2-5-17-21(11-14)30(16-3-4-16)12-18(22(17)31)23(32)33/h1-2,5-8,10-12,16H,3-4,9H2,(H,32,33)(H,27,28,29). The van der Waals surface area contributed by atoms with Crippen LogP contribution in [0.5, 0.6) is 0 Å². The number of hydrogen-bond acceptors (Lipinski definition) is 5. The highest BCUT2D eigenvalue weighted by Crippen LogP contribution is 2.37. The van der Waals surface area contributed by atoms with Crippen LogP contribution >= 0.6 is 23.2 Å². The Morgan fingerprint density at radius 2 is 1.94 bits per heavy atom. The molecule has 2 aromatic heterocycles. The van der Waals surface area contributed by atoms with Gasteiger partial charge < -0.3 is 15.0 Å². The highest BCUT2D eigenvalue weighted by molar-refractivity contribution is 6.42. The number of fused-ring (bicyclic) bond motifs is 1. The lowest BCUT2D eigenvalue weighted by atomic mass is 10.1. The van der Waals surface area contributed by atoms with Crippen LogP contribution in [-0.4, -0.2) is 25.6 Å². The van der Waals surface area contributed by atoms with Crippen LogP contribution in [0.15, 0.2) is 59.7 Å². The Balaban J connectivity index is 1.46. The van der Waals surface area contributed by atoms with Crippen molar-refractivity contribution in [3.63, 3.8) is 0 Å². The van der Waals surface area contributed by atoms with Crippen LogP contribution in [0.25, 0.3) is 10.9 Å². The second-order valence-corrected chi connectivity index (χ2v) is 8.78. The zero-order chi connectivity index (χ0) is 23.1. The van der Waals surface area contributed by atoms with Crippen molar-refractivity contribution < 1.29 is 9.90 Å². The Kier molecular flexibility index (Phi) is 5.52. The lowest BCUT2D eigenvalue weighted by Gasteiger charge is -2.13. The number of pyridine rings is 1. The molecule has 0 radical (unpaired) electrons. The normalized spacial score (nSPS) is 13.3. The summed E-state index contributed by atoms with van der Waals surface area (Å²) >= 11 is 12.1. The van der Waals surface area contributed by atoms with E-state index in [2.05, 4.69) is 15.3 Å². The first-order chi connectivity index (χ1) is 15.9. The smallest absolute Gasteiger partial charge is 0.341 e. The maximum Gasteiger partial charge on any atom is 0.341 e. The van der Waals surface area contributed by atoms with Crippen LogP contribution in [-0.2, 0) is 6.42 Å². The highest BCUT2D eigenvalue weighted by Gasteiger charge is 2.26. The minimum Gasteiger partial charge on any atom is -0.477 e. The molecule has 2 heterocycles. The molecular weight excluding hydrogens is 463 g/mol. The Labute approximate surface area is 198 Å². The van der Waals surface area contributed by atoms with Gasteiger partial charge in [0.15, 0.2) is 0 Å². The fourth-order valence-corrected chi connectivity index (χ4v) is 4.10. The van der Waals surface area contributed by atoms with E-state index >= 15 is 0 Å². The molecule has 1 aliphatic rings. The second kappa shape index (κ2) is 8.50. The number of anilines is 2. The minimum atomic E-state index is -1.22. The summed E-state index contributed by atoms with van der Waals surface area (Å²) in [6.07, 6.45) is 5.58. The number of halogens is 2. The summed E-state index contributed by atoms with van der Waals surface area (Å²) in [5, 5.41) is 14.0. The number of aromatic carboxylic acids is 1. The topological polar surface area (TPSA) is 97.1 Å². The van der Waals surface area contributed by atoms with Crippen LogP contribution in [0.1, 0.15) is 40.5 Å². The molecule has 33 heavy (non-hydrogen) atoms. The molecule has 1 aliphatic carbocycles. The zero-order valence-electron chi connectivity index (χ0n) is 17.3. The molecule has 2 aromatic carbocycles. The van der Waals surface area contributed by atoms with Gasteiger partial charge in [0.05, 0.1) is 21.3 Å². The second-order valence-electron chi connectivity index (χ2n) is 7.97. The summed E-state index contributed by atoms with van der Waals surface area (Å²) in [5.41, 5.74) is 2.46. The Bertz CT molecular complexity index is 1460. The third kappa shape index (κ3) is 4.42. The average Bonchev–Trinajstić information content (AvgIpc) is 3.62. The van der Waals surface area contributed by atoms with Crippen LogP contribution < -0.4 is 10.7 Å². The average molecular weight is 481 g/mol. The summed E-state index contributed by atoms with van der Waals surface area (Å²) < 4.78 is 1.88. The van der Waals surface area contributed by atoms with Crippen molar-refractivity contribution in [3.05, 3.63) is 91.9 Å². The molecule has 0 atom stereocenters. The van der Waals surface area contributed by atoms with Crippen LogP contribution in [0.4, 0.5) is 11.6 Å². The molecule has 2 N–H and O–H groups in total. The number of carboxylic acids is 1. The van der Waals surface area contributed by atoms with E-state index in [4.69, 9.17) is 23.2 Å². The van der Waals surface area contributed by atoms with Gasteiger partial charge >= 0.3 is 5.97 Å². The third-order valence-corrected chi connectivity index (χ3v) is 6.28. The van der Waals surface area contributed by atoms with E-state index < -0.39 is 11.4 Å². The molecule has 4 aromatic rings. The number of carboxylic acid groups (broad SMARTS) is 1. The Morgan fingerprint density at radius 3 is 2.67 bits per heavy atom. The molecule has 0 bridgehead atoms. The minimum absolute atomic E-state index is 0.201. The Hall–Kier alpha value is -3.42. The first kappa shape index (κ1) is 21.4. The molecule has 1 fully saturated rings. The van der Waals surface area contributed by atoms with E-state index in [0.29, 0.717) is 39.0 Å². The van der Waals surface area contributed by atoms with Gasteiger partial charge in [0, 0.05) is 35.9 Å². The van der Waals surface area contributed by atoms with Gasteiger partial charge in [0.2, 0.25) is 11.4 Å². The molecule has 0 amide bonds. The van der Waals surface area contributed by atoms with Gasteiger partial charge in [-0.05, 0) is 54.8 Å². The largest absolute Gasteiger partial charge is 0.477 e. The number of carbonyl (C=O) groups is 1. The SMILES string of the molecule is O=C(O)c1cn(C2CC2)c2cc(Nc3nccc(Cc4ccc(Cl)c(Cl)c4)n3)ccc2c1=O. The van der Waals surface area contributed by atoms with Crippen LogP contribution in [0, 0.1) is 0 Å². The van der Waals surface area contributed by atoms with Crippen molar-refractivity contribution in [2.75, 3.05) is 5.32 Å². The molecule has 0 aliphatic heterocycles. The van der Waals surface area contributed by atoms with Crippen molar-refractivity contribution in [1.29, 1.82) is 0 Å². The summed E-state index contributed by atoms with van der Waals surface area (Å²) in [6.45, 7) is 0. The molecule has 0 saturated heterocycles. The number of nitrogens with one attached hydrogen (secondary N) is 1. The molecule has 7 nitrogen and oxygen atoms in total. The molecule has 0 unspecified atom stereocenters. The van der Waals surface area contributed by atoms with E-state index in [1.54, 1.807) is 24.4 Å². The summed E-state index contributed by atoms with van der Waals surface area (Å²) in [5.74, 6) is -0.805. The Morgan fingerprint density at radius 1 is 1.12 bits per heavy atom. The molecule has 5 rings (SSSR count). The maximum absolute atomic E-state index is 12.6. The lowest BCUT2D eigenvalue weighted by Crippen LogP contribution is -2.18. The summed E-state index contributed by atoms with van der Waals surface area (Å²) in [6, 6.07) is 12.7. The third-order valence-electron chi connectivity index (χ3n) is 5.54. The predicted octanol–water partition coefficient (Wildman–Crippen LogP) is 5.47. The van der Waals surface area contributed by atoms with Crippen LogP contribution in [0.2, 0.25) is 10.0 Å². The number of nitrogens with zero attached hydrogens (tertiary/aromatic N) is 3. The van der Waals surface area contributed by atoms with Crippen molar-refractivity contribution in [1.82, 2.24) is 14.5 Å². The van der Waals surface area contributed by atoms with E-state index in [1.807, 2.05) is 28.8 Å². The van der Waals surface area contributed by atoms with E-state index in [1.165, 1.54) is 6.20 Å². The highest BCUT2D eigenvalue weighted by atomic mass is 35.5. The van der Waals surface area contributed by atoms with E-state index in [-0.39, 0.29) is 11.6 Å². The maximum atomic E-state index is 12.6. The molecule has 9 heteroatoms. The first-order valence-corrected chi connectivity index (χ1v) is 11.1. The van der Waals surface area contributed by atoms with Gasteiger partial charge in [-0.25, -0.2) is 14.8 Å². The van der Waals surface area contributed by atoms with Crippen molar-refractivity contribution in [3.8, 4) is 0 Å². The quantitative estimate of drug-likeness (QED) is 0.379. The number of aromatic nitrogens is 3. The molecule has 166 valence electrons. The van der Waals surface area contributed by atoms with E-state index in [0.717, 1.165) is 24.1 Å². The van der Waals surface area contributed by atoms with Crippen molar-refractivity contribution >= 4 is 51.7 Å². The van der Waals surface area contributed by atoms with Gasteiger partial charge in [0.1, 0.15) is 5.56 Å².